The molecule has 150 valence electrons. The van der Waals surface area contributed by atoms with Crippen molar-refractivity contribution in [2.75, 3.05) is 13.1 Å². The Labute approximate surface area is 166 Å². The Hall–Kier alpha value is -2.63. The molecule has 1 N–H and O–H groups in total. The van der Waals surface area contributed by atoms with E-state index in [2.05, 4.69) is 12.0 Å². The summed E-state index contributed by atoms with van der Waals surface area (Å²) in [6, 6.07) is 7.55. The predicted molar refractivity (Wildman–Crippen MR) is 108 cm³/mol. The molecule has 3 rings (SSSR count). The number of carbonyl (C=O) groups excluding carboxylic acids is 1. The molecule has 0 saturated carbocycles. The van der Waals surface area contributed by atoms with Crippen molar-refractivity contribution in [2.24, 2.45) is 5.92 Å². The van der Waals surface area contributed by atoms with Crippen molar-refractivity contribution in [3.05, 3.63) is 46.8 Å². The molecule has 0 radical (unpaired) electrons. The van der Waals surface area contributed by atoms with E-state index in [0.29, 0.717) is 17.9 Å². The summed E-state index contributed by atoms with van der Waals surface area (Å²) in [5, 5.41) is 13.5. The Bertz CT molecular complexity index is 855. The second kappa shape index (κ2) is 8.59. The second-order valence-corrected chi connectivity index (χ2v) is 7.67. The number of likely N-dealkylation sites (tertiary alicyclic amines) is 1. The van der Waals surface area contributed by atoms with Crippen LogP contribution in [0.25, 0.3) is 5.69 Å². The van der Waals surface area contributed by atoms with Crippen molar-refractivity contribution in [2.45, 2.75) is 52.9 Å². The lowest BCUT2D eigenvalue weighted by Gasteiger charge is -2.32. The number of carbonyl (C=O) groups is 2. The maximum Gasteiger partial charge on any atom is 0.303 e. The molecule has 1 aromatic carbocycles. The SMILES string of the molecule is CCC1CCCN(C(=O)c2ccc(-n3nc(C)c(CCC(=O)O)c3C)cc2)C1. The number of carboxylic acid groups (broad SMARTS) is 1. The Morgan fingerprint density at radius 1 is 1.21 bits per heavy atom. The molecule has 6 nitrogen and oxygen atoms in total. The van der Waals surface area contributed by atoms with Crippen molar-refractivity contribution in [3.63, 3.8) is 0 Å². The van der Waals surface area contributed by atoms with Crippen LogP contribution in [-0.4, -0.2) is 44.8 Å². The Balaban J connectivity index is 1.76. The van der Waals surface area contributed by atoms with Crippen LogP contribution in [0.5, 0.6) is 0 Å². The number of hydrogen-bond donors (Lipinski definition) is 1. The molecule has 2 heterocycles. The molecular formula is C22H29N3O3. The molecule has 6 heteroatoms. The molecule has 1 aliphatic rings. The molecule has 1 atom stereocenters. The third-order valence-electron chi connectivity index (χ3n) is 5.77. The molecule has 1 aliphatic heterocycles. The minimum absolute atomic E-state index is 0.0927. The predicted octanol–water partition coefficient (Wildman–Crippen LogP) is 3.77. The van der Waals surface area contributed by atoms with Crippen LogP contribution >= 0.6 is 0 Å². The van der Waals surface area contributed by atoms with Gasteiger partial charge in [-0.1, -0.05) is 13.3 Å². The molecule has 0 bridgehead atoms. The van der Waals surface area contributed by atoms with Gasteiger partial charge in [0.15, 0.2) is 0 Å². The summed E-state index contributed by atoms with van der Waals surface area (Å²) in [6.07, 6.45) is 3.96. The van der Waals surface area contributed by atoms with Crippen LogP contribution in [0, 0.1) is 19.8 Å². The van der Waals surface area contributed by atoms with Gasteiger partial charge in [0.2, 0.25) is 0 Å². The fourth-order valence-electron chi connectivity index (χ4n) is 4.03. The number of piperidine rings is 1. The summed E-state index contributed by atoms with van der Waals surface area (Å²) in [5.41, 5.74) is 4.34. The zero-order chi connectivity index (χ0) is 20.3. The van der Waals surface area contributed by atoms with Gasteiger partial charge in [0, 0.05) is 30.8 Å². The molecule has 0 aliphatic carbocycles. The first kappa shape index (κ1) is 20.1. The Morgan fingerprint density at radius 2 is 1.93 bits per heavy atom. The number of rotatable bonds is 6. The van der Waals surface area contributed by atoms with Crippen LogP contribution in [-0.2, 0) is 11.2 Å². The Morgan fingerprint density at radius 3 is 2.57 bits per heavy atom. The van der Waals surface area contributed by atoms with Crippen LogP contribution in [0.15, 0.2) is 24.3 Å². The number of amides is 1. The number of aliphatic carboxylic acids is 1. The molecule has 28 heavy (non-hydrogen) atoms. The van der Waals surface area contributed by atoms with Crippen LogP contribution in [0.1, 0.15) is 59.9 Å². The van der Waals surface area contributed by atoms with Gasteiger partial charge in [-0.05, 0) is 68.9 Å². The zero-order valence-corrected chi connectivity index (χ0v) is 16.9. The first-order valence-corrected chi connectivity index (χ1v) is 10.1. The molecule has 1 unspecified atom stereocenters. The van der Waals surface area contributed by atoms with Gasteiger partial charge in [-0.15, -0.1) is 0 Å². The second-order valence-electron chi connectivity index (χ2n) is 7.67. The van der Waals surface area contributed by atoms with Gasteiger partial charge in [-0.25, -0.2) is 4.68 Å². The van der Waals surface area contributed by atoms with Crippen molar-refractivity contribution >= 4 is 11.9 Å². The monoisotopic (exact) mass is 383 g/mol. The van der Waals surface area contributed by atoms with E-state index in [1.54, 1.807) is 0 Å². The van der Waals surface area contributed by atoms with E-state index >= 15 is 0 Å². The van der Waals surface area contributed by atoms with E-state index in [-0.39, 0.29) is 12.3 Å². The molecule has 1 fully saturated rings. The first-order valence-electron chi connectivity index (χ1n) is 10.1. The van der Waals surface area contributed by atoms with Gasteiger partial charge in [-0.3, -0.25) is 9.59 Å². The van der Waals surface area contributed by atoms with Gasteiger partial charge in [0.25, 0.3) is 5.91 Å². The highest BCUT2D eigenvalue weighted by molar-refractivity contribution is 5.94. The van der Waals surface area contributed by atoms with E-state index in [1.807, 2.05) is 47.7 Å². The number of aryl methyl sites for hydroxylation is 1. The minimum atomic E-state index is -0.808. The number of benzene rings is 1. The normalized spacial score (nSPS) is 17.0. The van der Waals surface area contributed by atoms with Crippen molar-refractivity contribution < 1.29 is 14.7 Å². The third-order valence-corrected chi connectivity index (χ3v) is 5.77. The molecule has 1 aromatic heterocycles. The lowest BCUT2D eigenvalue weighted by molar-refractivity contribution is -0.136. The maximum atomic E-state index is 12.8. The Kier molecular flexibility index (Phi) is 6.17. The van der Waals surface area contributed by atoms with E-state index in [1.165, 1.54) is 6.42 Å². The quantitative estimate of drug-likeness (QED) is 0.824. The summed E-state index contributed by atoms with van der Waals surface area (Å²) in [4.78, 5) is 25.7. The van der Waals surface area contributed by atoms with E-state index in [4.69, 9.17) is 5.11 Å². The van der Waals surface area contributed by atoms with Gasteiger partial charge in [-0.2, -0.15) is 5.10 Å². The summed E-state index contributed by atoms with van der Waals surface area (Å²) in [5.74, 6) is -0.103. The molecule has 1 amide bonds. The molecule has 1 saturated heterocycles. The number of carboxylic acids is 1. The average molecular weight is 383 g/mol. The van der Waals surface area contributed by atoms with Crippen LogP contribution in [0.2, 0.25) is 0 Å². The standard InChI is InChI=1S/C22H29N3O3/c1-4-17-6-5-13-24(14-17)22(28)18-7-9-19(10-8-18)25-16(3)20(15(2)23-25)11-12-21(26)27/h7-10,17H,4-6,11-14H2,1-3H3,(H,26,27). The summed E-state index contributed by atoms with van der Waals surface area (Å²) < 4.78 is 1.83. The number of hydrogen-bond acceptors (Lipinski definition) is 3. The van der Waals surface area contributed by atoms with Gasteiger partial charge in [0.1, 0.15) is 0 Å². The average Bonchev–Trinajstić information content (AvgIpc) is 2.99. The topological polar surface area (TPSA) is 75.4 Å². The van der Waals surface area contributed by atoms with Crippen LogP contribution < -0.4 is 0 Å². The van der Waals surface area contributed by atoms with Crippen LogP contribution in [0.4, 0.5) is 0 Å². The largest absolute Gasteiger partial charge is 0.481 e. The highest BCUT2D eigenvalue weighted by Crippen LogP contribution is 2.23. The first-order chi connectivity index (χ1) is 13.4. The lowest BCUT2D eigenvalue weighted by Crippen LogP contribution is -2.39. The molecule has 0 spiro atoms. The number of aromatic nitrogens is 2. The third kappa shape index (κ3) is 4.26. The van der Waals surface area contributed by atoms with Crippen molar-refractivity contribution in [1.29, 1.82) is 0 Å². The van der Waals surface area contributed by atoms with Gasteiger partial charge in [0.05, 0.1) is 11.4 Å². The summed E-state index contributed by atoms with van der Waals surface area (Å²) in [6.45, 7) is 7.73. The van der Waals surface area contributed by atoms with Gasteiger partial charge < -0.3 is 10.0 Å². The highest BCUT2D eigenvalue weighted by Gasteiger charge is 2.23. The maximum absolute atomic E-state index is 12.8. The van der Waals surface area contributed by atoms with E-state index in [0.717, 1.165) is 48.6 Å². The zero-order valence-electron chi connectivity index (χ0n) is 16.9. The summed E-state index contributed by atoms with van der Waals surface area (Å²) in [7, 11) is 0. The smallest absolute Gasteiger partial charge is 0.303 e. The van der Waals surface area contributed by atoms with Crippen LogP contribution in [0.3, 0.4) is 0 Å². The summed E-state index contributed by atoms with van der Waals surface area (Å²) >= 11 is 0. The minimum Gasteiger partial charge on any atom is -0.481 e. The van der Waals surface area contributed by atoms with Gasteiger partial charge >= 0.3 is 5.97 Å². The molecule has 2 aromatic rings. The number of nitrogens with zero attached hydrogens (tertiary/aromatic N) is 3. The highest BCUT2D eigenvalue weighted by atomic mass is 16.4. The van der Waals surface area contributed by atoms with Crippen molar-refractivity contribution in [1.82, 2.24) is 14.7 Å². The fourth-order valence-corrected chi connectivity index (χ4v) is 4.03. The van der Waals surface area contributed by atoms with E-state index < -0.39 is 5.97 Å². The van der Waals surface area contributed by atoms with E-state index in [9.17, 15) is 9.59 Å². The fraction of sp³-hybridized carbons (Fsp3) is 0.500. The lowest BCUT2D eigenvalue weighted by atomic mass is 9.95. The van der Waals surface area contributed by atoms with Crippen molar-refractivity contribution in [3.8, 4) is 5.69 Å². The molecular weight excluding hydrogens is 354 g/mol.